The molecule has 10 heavy (non-hydrogen) atoms. The Morgan fingerprint density at radius 2 is 2.40 bits per heavy atom. The molecule has 2 heterocycles. The maximum Gasteiger partial charge on any atom is 0.138 e. The Morgan fingerprint density at radius 1 is 1.40 bits per heavy atom. The van der Waals surface area contributed by atoms with Gasteiger partial charge in [-0.1, -0.05) is 0 Å². The van der Waals surface area contributed by atoms with Crippen molar-refractivity contribution in [3.05, 3.63) is 24.8 Å². The van der Waals surface area contributed by atoms with Gasteiger partial charge in [0.25, 0.3) is 0 Å². The lowest BCUT2D eigenvalue weighted by atomic mass is 10.4. The van der Waals surface area contributed by atoms with Crippen molar-refractivity contribution in [2.24, 2.45) is 0 Å². The third kappa shape index (κ3) is 0.699. The third-order valence-electron chi connectivity index (χ3n) is 1.12. The first-order valence-corrected chi connectivity index (χ1v) is 2.76. The van der Waals surface area contributed by atoms with E-state index in [4.69, 9.17) is 0 Å². The van der Waals surface area contributed by atoms with E-state index in [1.165, 1.54) is 6.33 Å². The lowest BCUT2D eigenvalue weighted by Gasteiger charge is -1.88. The summed E-state index contributed by atoms with van der Waals surface area (Å²) in [5, 5.41) is 7.37. The molecule has 2 rings (SSSR count). The van der Waals surface area contributed by atoms with Crippen molar-refractivity contribution in [2.45, 2.75) is 0 Å². The highest BCUT2D eigenvalue weighted by Crippen LogP contribution is 1.99. The molecule has 0 atom stereocenters. The van der Waals surface area contributed by atoms with Crippen molar-refractivity contribution in [1.82, 2.24) is 20.2 Å². The lowest BCUT2D eigenvalue weighted by molar-refractivity contribution is 1.02. The quantitative estimate of drug-likeness (QED) is 0.513. The van der Waals surface area contributed by atoms with Gasteiger partial charge in [0.2, 0.25) is 0 Å². The number of hydrogen-bond acceptors (Lipinski definition) is 4. The second-order valence-electron chi connectivity index (χ2n) is 1.75. The Balaban J connectivity index is 2.89. The summed E-state index contributed by atoms with van der Waals surface area (Å²) in [4.78, 5) is 7.73. The topological polar surface area (TPSA) is 51.6 Å². The first kappa shape index (κ1) is 5.22. The highest BCUT2D eigenvalue weighted by atomic mass is 15.1. The molecule has 1 radical (unpaired) electrons. The molecule has 4 nitrogen and oxygen atoms in total. The number of aromatic nitrogens is 4. The Bertz CT molecular complexity index is 281. The fraction of sp³-hybridized carbons (Fsp3) is 0. The predicted molar refractivity (Wildman–Crippen MR) is 34.0 cm³/mol. The van der Waals surface area contributed by atoms with Crippen LogP contribution in [0, 0.1) is 6.07 Å². The number of hydrogen-bond donors (Lipinski definition) is 0. The summed E-state index contributed by atoms with van der Waals surface area (Å²) in [5.74, 6) is 0. The molecule has 0 aliphatic rings. The van der Waals surface area contributed by atoms with Crippen molar-refractivity contribution >= 4 is 11.0 Å². The molecule has 0 amide bonds. The zero-order chi connectivity index (χ0) is 6.81. The Kier molecular flexibility index (Phi) is 1.04. The van der Waals surface area contributed by atoms with E-state index in [0.29, 0.717) is 11.0 Å². The van der Waals surface area contributed by atoms with Crippen LogP contribution >= 0.6 is 0 Å². The van der Waals surface area contributed by atoms with Crippen molar-refractivity contribution in [1.29, 1.82) is 0 Å². The molecule has 0 aliphatic carbocycles. The highest BCUT2D eigenvalue weighted by Gasteiger charge is 1.91. The van der Waals surface area contributed by atoms with Gasteiger partial charge in [0.05, 0.1) is 6.20 Å². The van der Waals surface area contributed by atoms with Gasteiger partial charge in [-0.2, -0.15) is 0 Å². The van der Waals surface area contributed by atoms with Crippen molar-refractivity contribution in [3.63, 3.8) is 0 Å². The van der Waals surface area contributed by atoms with Crippen LogP contribution in [0.3, 0.4) is 0 Å². The summed E-state index contributed by atoms with van der Waals surface area (Å²) in [5.41, 5.74) is 1.37. The SMILES string of the molecule is [c]1cncc2nncnc12. The van der Waals surface area contributed by atoms with Crippen molar-refractivity contribution in [2.75, 3.05) is 0 Å². The summed E-state index contributed by atoms with van der Waals surface area (Å²) in [6, 6.07) is 2.83. The van der Waals surface area contributed by atoms with E-state index >= 15 is 0 Å². The van der Waals surface area contributed by atoms with Crippen molar-refractivity contribution < 1.29 is 0 Å². The van der Waals surface area contributed by atoms with Crippen LogP contribution < -0.4 is 0 Å². The van der Waals surface area contributed by atoms with E-state index in [2.05, 4.69) is 26.2 Å². The molecule has 2 aromatic rings. The first-order valence-electron chi connectivity index (χ1n) is 2.76. The fourth-order valence-electron chi connectivity index (χ4n) is 0.690. The smallest absolute Gasteiger partial charge is 0.138 e. The van der Waals surface area contributed by atoms with Gasteiger partial charge in [-0.15, -0.1) is 10.2 Å². The normalized spacial score (nSPS) is 10.0. The first-order chi connectivity index (χ1) is 4.97. The molecule has 0 saturated carbocycles. The van der Waals surface area contributed by atoms with Crippen LogP contribution in [0.4, 0.5) is 0 Å². The lowest BCUT2D eigenvalue weighted by Crippen LogP contribution is -1.86. The molecule has 47 valence electrons. The Hall–Kier alpha value is -1.58. The largest absolute Gasteiger partial charge is 0.262 e. The minimum Gasteiger partial charge on any atom is -0.262 e. The molecule has 0 spiro atoms. The average molecular weight is 131 g/mol. The summed E-state index contributed by atoms with van der Waals surface area (Å²) < 4.78 is 0. The minimum absolute atomic E-state index is 0.671. The highest BCUT2D eigenvalue weighted by molar-refractivity contribution is 5.70. The molecular formula is C6H3N4. The van der Waals surface area contributed by atoms with Crippen molar-refractivity contribution in [3.8, 4) is 0 Å². The molecular weight excluding hydrogens is 128 g/mol. The number of nitrogens with zero attached hydrogens (tertiary/aromatic N) is 4. The van der Waals surface area contributed by atoms with Crippen LogP contribution in [0.2, 0.25) is 0 Å². The van der Waals surface area contributed by atoms with Gasteiger partial charge in [0.15, 0.2) is 0 Å². The molecule has 0 N–H and O–H groups in total. The van der Waals surface area contributed by atoms with Gasteiger partial charge in [-0.05, 0) is 0 Å². The van der Waals surface area contributed by atoms with Gasteiger partial charge in [-0.3, -0.25) is 4.98 Å². The summed E-state index contributed by atoms with van der Waals surface area (Å²) in [7, 11) is 0. The van der Waals surface area contributed by atoms with Crippen LogP contribution in [0.25, 0.3) is 11.0 Å². The Labute approximate surface area is 57.0 Å². The van der Waals surface area contributed by atoms with Crippen LogP contribution in [-0.4, -0.2) is 20.2 Å². The Morgan fingerprint density at radius 3 is 3.30 bits per heavy atom. The molecule has 0 aromatic carbocycles. The summed E-state index contributed by atoms with van der Waals surface area (Å²) in [6.07, 6.45) is 4.54. The van der Waals surface area contributed by atoms with E-state index in [9.17, 15) is 0 Å². The maximum absolute atomic E-state index is 3.91. The van der Waals surface area contributed by atoms with Gasteiger partial charge >= 0.3 is 0 Å². The van der Waals surface area contributed by atoms with Gasteiger partial charge < -0.3 is 0 Å². The second kappa shape index (κ2) is 1.98. The van der Waals surface area contributed by atoms with Crippen LogP contribution in [-0.2, 0) is 0 Å². The van der Waals surface area contributed by atoms with E-state index in [1.807, 2.05) is 0 Å². The van der Waals surface area contributed by atoms with Gasteiger partial charge in [-0.25, -0.2) is 4.98 Å². The van der Waals surface area contributed by atoms with Gasteiger partial charge in [0.1, 0.15) is 17.4 Å². The zero-order valence-electron chi connectivity index (χ0n) is 5.02. The molecule has 2 aromatic heterocycles. The third-order valence-corrected chi connectivity index (χ3v) is 1.12. The fourth-order valence-corrected chi connectivity index (χ4v) is 0.690. The van der Waals surface area contributed by atoms with Gasteiger partial charge in [0, 0.05) is 12.3 Å². The molecule has 4 heteroatoms. The molecule has 0 saturated heterocycles. The molecule has 0 aliphatic heterocycles. The maximum atomic E-state index is 3.91. The summed E-state index contributed by atoms with van der Waals surface area (Å²) in [6.45, 7) is 0. The standard InChI is InChI=1S/C6H3N4/c1-2-7-3-6-5(1)8-4-9-10-6/h2-4H. The van der Waals surface area contributed by atoms with E-state index < -0.39 is 0 Å². The number of pyridine rings is 1. The van der Waals surface area contributed by atoms with E-state index in [-0.39, 0.29) is 0 Å². The average Bonchev–Trinajstić information content (AvgIpc) is 2.05. The van der Waals surface area contributed by atoms with Crippen LogP contribution in [0.1, 0.15) is 0 Å². The van der Waals surface area contributed by atoms with Crippen LogP contribution in [0.15, 0.2) is 18.7 Å². The molecule has 0 bridgehead atoms. The molecule has 0 unspecified atom stereocenters. The van der Waals surface area contributed by atoms with E-state index in [1.54, 1.807) is 12.4 Å². The monoisotopic (exact) mass is 131 g/mol. The second-order valence-corrected chi connectivity index (χ2v) is 1.75. The number of fused-ring (bicyclic) bond motifs is 1. The van der Waals surface area contributed by atoms with E-state index in [0.717, 1.165) is 0 Å². The molecule has 0 fully saturated rings. The minimum atomic E-state index is 0.671. The number of rotatable bonds is 0. The summed E-state index contributed by atoms with van der Waals surface area (Å²) >= 11 is 0. The van der Waals surface area contributed by atoms with Crippen LogP contribution in [0.5, 0.6) is 0 Å². The zero-order valence-corrected chi connectivity index (χ0v) is 5.02. The predicted octanol–water partition coefficient (Wildman–Crippen LogP) is 0.220.